The largest absolute Gasteiger partial charge is 0.0617 e. The second-order valence-electron chi connectivity index (χ2n) is 6.68. The average molecular weight is 334 g/mol. The first-order valence-corrected chi connectivity index (χ1v) is 8.80. The molecule has 0 N–H and O–H groups in total. The second kappa shape index (κ2) is 7.77. The highest BCUT2D eigenvalue weighted by molar-refractivity contribution is 5.50. The molecular formula is C26H22. The van der Waals surface area contributed by atoms with Crippen molar-refractivity contribution >= 4 is 0 Å². The lowest BCUT2D eigenvalue weighted by molar-refractivity contribution is 1.26. The summed E-state index contributed by atoms with van der Waals surface area (Å²) < 4.78 is 0. The zero-order valence-corrected chi connectivity index (χ0v) is 15.8. The molecule has 0 radical (unpaired) electrons. The van der Waals surface area contributed by atoms with Gasteiger partial charge in [-0.2, -0.15) is 0 Å². The minimum Gasteiger partial charge on any atom is -0.0617 e. The van der Waals surface area contributed by atoms with Gasteiger partial charge in [-0.1, -0.05) is 41.4 Å². The summed E-state index contributed by atoms with van der Waals surface area (Å²) in [6, 6.07) is 20.7. The Bertz CT molecular complexity index is 1020. The van der Waals surface area contributed by atoms with Crippen LogP contribution >= 0.6 is 0 Å². The number of hydrogen-bond donors (Lipinski definition) is 0. The van der Waals surface area contributed by atoms with Crippen molar-refractivity contribution in [2.24, 2.45) is 0 Å². The molecule has 0 atom stereocenters. The highest BCUT2D eigenvalue weighted by Crippen LogP contribution is 2.15. The zero-order valence-electron chi connectivity index (χ0n) is 15.8. The summed E-state index contributed by atoms with van der Waals surface area (Å²) in [5, 5.41) is 0. The minimum atomic E-state index is 0.998. The lowest BCUT2D eigenvalue weighted by atomic mass is 10.0. The first kappa shape index (κ1) is 17.6. The lowest BCUT2D eigenvalue weighted by Gasteiger charge is -2.04. The normalized spacial score (nSPS) is 9.69. The van der Waals surface area contributed by atoms with Crippen molar-refractivity contribution in [3.05, 3.63) is 105 Å². The monoisotopic (exact) mass is 334 g/mol. The van der Waals surface area contributed by atoms with E-state index in [-0.39, 0.29) is 0 Å². The highest BCUT2D eigenvalue weighted by atomic mass is 14.0. The summed E-state index contributed by atoms with van der Waals surface area (Å²) in [7, 11) is 0. The van der Waals surface area contributed by atoms with Crippen LogP contribution in [0.25, 0.3) is 0 Å². The molecule has 0 saturated carbocycles. The fraction of sp³-hybridized carbons (Fsp3) is 0.154. The van der Waals surface area contributed by atoms with Crippen molar-refractivity contribution in [3.63, 3.8) is 0 Å². The van der Waals surface area contributed by atoms with E-state index in [1.165, 1.54) is 22.3 Å². The molecule has 0 aliphatic heterocycles. The summed E-state index contributed by atoms with van der Waals surface area (Å²) in [5.74, 6) is 12.9. The first-order chi connectivity index (χ1) is 12.5. The minimum absolute atomic E-state index is 0.998. The van der Waals surface area contributed by atoms with Gasteiger partial charge in [0.15, 0.2) is 0 Å². The molecule has 0 spiro atoms. The molecule has 0 nitrogen and oxygen atoms in total. The number of aryl methyl sites for hydroxylation is 3. The van der Waals surface area contributed by atoms with Crippen LogP contribution in [-0.4, -0.2) is 0 Å². The van der Waals surface area contributed by atoms with E-state index in [0.717, 1.165) is 22.3 Å². The van der Waals surface area contributed by atoms with Crippen LogP contribution in [0.15, 0.2) is 60.7 Å². The Morgan fingerprint density at radius 2 is 0.808 bits per heavy atom. The molecule has 0 fully saturated rings. The highest BCUT2D eigenvalue weighted by Gasteiger charge is 1.98. The quantitative estimate of drug-likeness (QED) is 0.461. The molecule has 3 aromatic rings. The van der Waals surface area contributed by atoms with Gasteiger partial charge in [0.05, 0.1) is 0 Å². The predicted octanol–water partition coefficient (Wildman–Crippen LogP) is 5.72. The van der Waals surface area contributed by atoms with E-state index in [1.807, 2.05) is 36.4 Å². The van der Waals surface area contributed by atoms with Crippen molar-refractivity contribution < 1.29 is 0 Å². The molecule has 26 heavy (non-hydrogen) atoms. The van der Waals surface area contributed by atoms with Gasteiger partial charge >= 0.3 is 0 Å². The van der Waals surface area contributed by atoms with E-state index in [9.17, 15) is 0 Å². The third-order valence-electron chi connectivity index (χ3n) is 4.57. The van der Waals surface area contributed by atoms with Crippen molar-refractivity contribution in [2.45, 2.75) is 27.7 Å². The van der Waals surface area contributed by atoms with E-state index >= 15 is 0 Å². The maximum Gasteiger partial charge on any atom is 0.0254 e. The average Bonchev–Trinajstić information content (AvgIpc) is 2.64. The predicted molar refractivity (Wildman–Crippen MR) is 110 cm³/mol. The molecule has 0 amide bonds. The molecule has 0 saturated heterocycles. The van der Waals surface area contributed by atoms with E-state index in [2.05, 4.69) is 75.6 Å². The molecule has 0 unspecified atom stereocenters. The zero-order chi connectivity index (χ0) is 18.5. The molecule has 0 heteroatoms. The maximum atomic E-state index is 3.27. The van der Waals surface area contributed by atoms with Crippen LogP contribution in [0.1, 0.15) is 44.5 Å². The van der Waals surface area contributed by atoms with Crippen LogP contribution in [0.2, 0.25) is 0 Å². The lowest BCUT2D eigenvalue weighted by Crippen LogP contribution is -1.88. The Balaban J connectivity index is 1.76. The Hall–Kier alpha value is -3.22. The van der Waals surface area contributed by atoms with Gasteiger partial charge < -0.3 is 0 Å². The molecule has 0 aliphatic rings. The maximum absolute atomic E-state index is 3.27. The third-order valence-corrected chi connectivity index (χ3v) is 4.57. The van der Waals surface area contributed by atoms with Crippen molar-refractivity contribution in [1.29, 1.82) is 0 Å². The topological polar surface area (TPSA) is 0 Å². The summed E-state index contributed by atoms with van der Waals surface area (Å²) >= 11 is 0. The fourth-order valence-electron chi connectivity index (χ4n) is 2.67. The van der Waals surface area contributed by atoms with Crippen molar-refractivity contribution in [2.75, 3.05) is 0 Å². The number of rotatable bonds is 0. The fourth-order valence-corrected chi connectivity index (χ4v) is 2.67. The number of hydrogen-bond acceptors (Lipinski definition) is 0. The third kappa shape index (κ3) is 4.44. The molecule has 0 aliphatic carbocycles. The summed E-state index contributed by atoms with van der Waals surface area (Å²) in [6.45, 7) is 8.50. The van der Waals surface area contributed by atoms with Crippen molar-refractivity contribution in [1.82, 2.24) is 0 Å². The van der Waals surface area contributed by atoms with Crippen molar-refractivity contribution in [3.8, 4) is 23.7 Å². The Morgan fingerprint density at radius 1 is 0.462 bits per heavy atom. The number of benzene rings is 3. The van der Waals surface area contributed by atoms with Gasteiger partial charge in [-0.15, -0.1) is 0 Å². The van der Waals surface area contributed by atoms with Crippen LogP contribution in [-0.2, 0) is 0 Å². The van der Waals surface area contributed by atoms with E-state index in [4.69, 9.17) is 0 Å². The first-order valence-electron chi connectivity index (χ1n) is 8.80. The molecule has 3 aromatic carbocycles. The Labute approximate surface area is 156 Å². The van der Waals surface area contributed by atoms with Crippen LogP contribution in [0.5, 0.6) is 0 Å². The molecule has 0 heterocycles. The Kier molecular flexibility index (Phi) is 5.26. The molecule has 126 valence electrons. The van der Waals surface area contributed by atoms with E-state index < -0.39 is 0 Å². The molecule has 3 rings (SSSR count). The van der Waals surface area contributed by atoms with Crippen LogP contribution in [0.4, 0.5) is 0 Å². The van der Waals surface area contributed by atoms with E-state index in [1.54, 1.807) is 0 Å². The van der Waals surface area contributed by atoms with Gasteiger partial charge in [-0.25, -0.2) is 0 Å². The summed E-state index contributed by atoms with van der Waals surface area (Å²) in [6.07, 6.45) is 0. The van der Waals surface area contributed by atoms with Crippen LogP contribution < -0.4 is 0 Å². The smallest absolute Gasteiger partial charge is 0.0254 e. The van der Waals surface area contributed by atoms with Gasteiger partial charge in [-0.3, -0.25) is 0 Å². The van der Waals surface area contributed by atoms with Gasteiger partial charge in [-0.05, 0) is 92.9 Å². The van der Waals surface area contributed by atoms with Crippen LogP contribution in [0, 0.1) is 51.4 Å². The van der Waals surface area contributed by atoms with E-state index in [0.29, 0.717) is 0 Å². The molecule has 0 bridgehead atoms. The summed E-state index contributed by atoms with van der Waals surface area (Å²) in [5.41, 5.74) is 9.26. The summed E-state index contributed by atoms with van der Waals surface area (Å²) in [4.78, 5) is 0. The molecular weight excluding hydrogens is 312 g/mol. The van der Waals surface area contributed by atoms with Gasteiger partial charge in [0.25, 0.3) is 0 Å². The Morgan fingerprint density at radius 3 is 1.23 bits per heavy atom. The standard InChI is InChI=1S/C26H22/c1-19-5-7-23(8-6-19)9-10-24-11-13-25(14-12-24)15-16-26-17-20(2)22(4)21(3)18-26/h5-8,11-14,17-18H,1-4H3. The van der Waals surface area contributed by atoms with Crippen LogP contribution in [0.3, 0.4) is 0 Å². The van der Waals surface area contributed by atoms with Gasteiger partial charge in [0.2, 0.25) is 0 Å². The SMILES string of the molecule is Cc1ccc(C#Cc2ccc(C#Cc3cc(C)c(C)c(C)c3)cc2)cc1. The second-order valence-corrected chi connectivity index (χ2v) is 6.68. The van der Waals surface area contributed by atoms with Gasteiger partial charge in [0.1, 0.15) is 0 Å². The molecule has 0 aromatic heterocycles. The van der Waals surface area contributed by atoms with Gasteiger partial charge in [0, 0.05) is 22.3 Å².